The Morgan fingerprint density at radius 3 is 2.10 bits per heavy atom. The number of ether oxygens (including phenoxy) is 1. The second kappa shape index (κ2) is 12.3. The Hall–Kier alpha value is -4.64. The summed E-state index contributed by atoms with van der Waals surface area (Å²) in [6.07, 6.45) is -0.206. The maximum Gasteiger partial charge on any atom is 0.324 e. The van der Waals surface area contributed by atoms with Gasteiger partial charge in [0.2, 0.25) is 0 Å². The molecule has 214 valence electrons. The standard InChI is InChI=1S/C30H29FN2O7S/c1-20(16-29(34)35)32(18-21-6-5-7-22(31)17-21)27-14-15-28(26-9-4-3-8-25(26)27)33(19-30(36)37)41(38,39)24-12-10-23(40-2)11-13-24/h3-15,17,20H,16,18-19H2,1-2H3,(H,34,35)(H,36,37)/t20-/m0/s1. The molecule has 0 spiro atoms. The molecule has 0 amide bonds. The molecule has 0 aliphatic rings. The van der Waals surface area contributed by atoms with Gasteiger partial charge in [-0.05, 0) is 61.0 Å². The number of sulfonamides is 1. The van der Waals surface area contributed by atoms with Crippen LogP contribution < -0.4 is 13.9 Å². The van der Waals surface area contributed by atoms with Crippen molar-refractivity contribution in [1.29, 1.82) is 0 Å². The monoisotopic (exact) mass is 580 g/mol. The van der Waals surface area contributed by atoms with Gasteiger partial charge in [0, 0.05) is 29.0 Å². The SMILES string of the molecule is COc1ccc(S(=O)(=O)N(CC(=O)O)c2ccc(N(Cc3cccc(F)c3)[C@@H](C)CC(=O)O)c3ccccc23)cc1. The maximum absolute atomic E-state index is 14.0. The molecular weight excluding hydrogens is 551 g/mol. The van der Waals surface area contributed by atoms with E-state index in [1.807, 2.05) is 4.90 Å². The van der Waals surface area contributed by atoms with Crippen molar-refractivity contribution in [3.05, 3.63) is 96.3 Å². The van der Waals surface area contributed by atoms with Gasteiger partial charge in [-0.15, -0.1) is 0 Å². The number of anilines is 2. The van der Waals surface area contributed by atoms with E-state index in [0.717, 1.165) is 4.31 Å². The van der Waals surface area contributed by atoms with Crippen molar-refractivity contribution in [2.75, 3.05) is 22.9 Å². The molecule has 0 bridgehead atoms. The summed E-state index contributed by atoms with van der Waals surface area (Å²) in [5, 5.41) is 20.2. The van der Waals surface area contributed by atoms with Crippen molar-refractivity contribution in [3.8, 4) is 5.75 Å². The van der Waals surface area contributed by atoms with Crippen LogP contribution in [0.1, 0.15) is 18.9 Å². The van der Waals surface area contributed by atoms with Crippen LogP contribution in [0.4, 0.5) is 15.8 Å². The first-order chi connectivity index (χ1) is 19.5. The lowest BCUT2D eigenvalue weighted by atomic mass is 10.0. The van der Waals surface area contributed by atoms with Crippen LogP contribution in [0.2, 0.25) is 0 Å². The van der Waals surface area contributed by atoms with Gasteiger partial charge in [-0.3, -0.25) is 13.9 Å². The molecule has 1 atom stereocenters. The molecule has 0 aliphatic carbocycles. The Kier molecular flexibility index (Phi) is 8.77. The predicted octanol–water partition coefficient (Wildman–Crippen LogP) is 5.14. The number of carboxylic acid groups (broad SMARTS) is 2. The topological polar surface area (TPSA) is 124 Å². The molecule has 0 aliphatic heterocycles. The maximum atomic E-state index is 14.0. The van der Waals surface area contributed by atoms with Crippen LogP contribution in [-0.2, 0) is 26.2 Å². The van der Waals surface area contributed by atoms with Crippen molar-refractivity contribution in [2.24, 2.45) is 0 Å². The summed E-state index contributed by atoms with van der Waals surface area (Å²) in [7, 11) is -2.87. The zero-order valence-electron chi connectivity index (χ0n) is 22.4. The number of aliphatic carboxylic acids is 2. The van der Waals surface area contributed by atoms with Crippen LogP contribution in [0.3, 0.4) is 0 Å². The number of carbonyl (C=O) groups is 2. The number of nitrogens with zero attached hydrogens (tertiary/aromatic N) is 2. The Labute approximate surface area is 237 Å². The molecule has 11 heteroatoms. The zero-order chi connectivity index (χ0) is 29.7. The molecule has 0 saturated carbocycles. The lowest BCUT2D eigenvalue weighted by Gasteiger charge is -2.33. The highest BCUT2D eigenvalue weighted by Crippen LogP contribution is 2.38. The first-order valence-electron chi connectivity index (χ1n) is 12.6. The largest absolute Gasteiger partial charge is 0.497 e. The third kappa shape index (κ3) is 6.58. The highest BCUT2D eigenvalue weighted by atomic mass is 32.2. The molecule has 9 nitrogen and oxygen atoms in total. The minimum Gasteiger partial charge on any atom is -0.497 e. The van der Waals surface area contributed by atoms with E-state index in [4.69, 9.17) is 4.74 Å². The van der Waals surface area contributed by atoms with E-state index in [1.165, 1.54) is 49.6 Å². The predicted molar refractivity (Wildman–Crippen MR) is 153 cm³/mol. The highest BCUT2D eigenvalue weighted by Gasteiger charge is 2.30. The van der Waals surface area contributed by atoms with Crippen LogP contribution in [0.15, 0.2) is 89.8 Å². The molecule has 0 heterocycles. The Morgan fingerprint density at radius 1 is 0.878 bits per heavy atom. The van der Waals surface area contributed by atoms with E-state index >= 15 is 0 Å². The molecule has 0 fully saturated rings. The average Bonchev–Trinajstić information content (AvgIpc) is 2.94. The number of benzene rings is 4. The van der Waals surface area contributed by atoms with E-state index in [-0.39, 0.29) is 23.5 Å². The lowest BCUT2D eigenvalue weighted by molar-refractivity contribution is -0.137. The third-order valence-electron chi connectivity index (χ3n) is 6.63. The van der Waals surface area contributed by atoms with Gasteiger partial charge in [-0.25, -0.2) is 12.8 Å². The number of carboxylic acids is 2. The Balaban J connectivity index is 1.88. The molecule has 0 radical (unpaired) electrons. The molecule has 4 aromatic carbocycles. The van der Waals surface area contributed by atoms with Gasteiger partial charge in [0.25, 0.3) is 10.0 Å². The molecule has 2 N–H and O–H groups in total. The van der Waals surface area contributed by atoms with Crippen molar-refractivity contribution < 1.29 is 37.3 Å². The zero-order valence-corrected chi connectivity index (χ0v) is 23.2. The number of fused-ring (bicyclic) bond motifs is 1. The van der Waals surface area contributed by atoms with Crippen LogP contribution in [-0.4, -0.2) is 50.3 Å². The van der Waals surface area contributed by atoms with Crippen LogP contribution in [0, 0.1) is 5.82 Å². The van der Waals surface area contributed by atoms with Crippen LogP contribution in [0.25, 0.3) is 10.8 Å². The molecule has 4 aromatic rings. The molecular formula is C30H29FN2O7S. The molecule has 0 unspecified atom stereocenters. The number of halogens is 1. The van der Waals surface area contributed by atoms with Gasteiger partial charge in [0.05, 0.1) is 24.1 Å². The number of hydrogen-bond acceptors (Lipinski definition) is 6. The van der Waals surface area contributed by atoms with E-state index in [2.05, 4.69) is 0 Å². The number of rotatable bonds is 12. The normalized spacial score (nSPS) is 12.1. The van der Waals surface area contributed by atoms with Crippen molar-refractivity contribution in [2.45, 2.75) is 30.8 Å². The third-order valence-corrected chi connectivity index (χ3v) is 8.40. The lowest BCUT2D eigenvalue weighted by Crippen LogP contribution is -2.36. The van der Waals surface area contributed by atoms with E-state index in [0.29, 0.717) is 27.8 Å². The van der Waals surface area contributed by atoms with E-state index < -0.39 is 40.4 Å². The summed E-state index contributed by atoms with van der Waals surface area (Å²) in [4.78, 5) is 25.2. The highest BCUT2D eigenvalue weighted by molar-refractivity contribution is 7.92. The quantitative estimate of drug-likeness (QED) is 0.236. The van der Waals surface area contributed by atoms with Gasteiger partial charge < -0.3 is 19.8 Å². The minimum atomic E-state index is -4.32. The molecule has 41 heavy (non-hydrogen) atoms. The van der Waals surface area contributed by atoms with E-state index in [1.54, 1.807) is 49.4 Å². The minimum absolute atomic E-state index is 0.115. The second-order valence-corrected chi connectivity index (χ2v) is 11.3. The van der Waals surface area contributed by atoms with Crippen molar-refractivity contribution in [3.63, 3.8) is 0 Å². The summed E-state index contributed by atoms with van der Waals surface area (Å²) < 4.78 is 47.4. The van der Waals surface area contributed by atoms with Gasteiger partial charge >= 0.3 is 11.9 Å². The van der Waals surface area contributed by atoms with Crippen molar-refractivity contribution in [1.82, 2.24) is 0 Å². The number of hydrogen-bond donors (Lipinski definition) is 2. The van der Waals surface area contributed by atoms with Gasteiger partial charge in [0.15, 0.2) is 0 Å². The Bertz CT molecular complexity index is 1680. The summed E-state index contributed by atoms with van der Waals surface area (Å²) in [5.74, 6) is -2.35. The summed E-state index contributed by atoms with van der Waals surface area (Å²) >= 11 is 0. The van der Waals surface area contributed by atoms with Crippen molar-refractivity contribution >= 4 is 44.1 Å². The van der Waals surface area contributed by atoms with Crippen LogP contribution >= 0.6 is 0 Å². The first-order valence-corrected chi connectivity index (χ1v) is 14.1. The van der Waals surface area contributed by atoms with E-state index in [9.17, 15) is 32.6 Å². The number of methoxy groups -OCH3 is 1. The molecule has 4 rings (SSSR count). The smallest absolute Gasteiger partial charge is 0.324 e. The summed E-state index contributed by atoms with van der Waals surface area (Å²) in [6, 6.07) is 21.1. The van der Waals surface area contributed by atoms with Crippen LogP contribution in [0.5, 0.6) is 5.75 Å². The molecule has 0 saturated heterocycles. The second-order valence-electron chi connectivity index (χ2n) is 9.44. The molecule has 0 aromatic heterocycles. The summed E-state index contributed by atoms with van der Waals surface area (Å²) in [6.45, 7) is 1.08. The first kappa shape index (κ1) is 29.3. The summed E-state index contributed by atoms with van der Waals surface area (Å²) in [5.41, 5.74) is 1.34. The fourth-order valence-corrected chi connectivity index (χ4v) is 6.14. The van der Waals surface area contributed by atoms with Gasteiger partial charge in [0.1, 0.15) is 18.1 Å². The average molecular weight is 581 g/mol. The van der Waals surface area contributed by atoms with Gasteiger partial charge in [-0.1, -0.05) is 36.4 Å². The fraction of sp³-hybridized carbons (Fsp3) is 0.200. The van der Waals surface area contributed by atoms with Gasteiger partial charge in [-0.2, -0.15) is 0 Å². The fourth-order valence-electron chi connectivity index (χ4n) is 4.71. The Morgan fingerprint density at radius 2 is 1.51 bits per heavy atom.